The molecule has 2 heterocycles. The monoisotopic (exact) mass is 992 g/mol. The van der Waals surface area contributed by atoms with E-state index in [9.17, 15) is 4.79 Å². The van der Waals surface area contributed by atoms with Gasteiger partial charge in [0.1, 0.15) is 36.6 Å². The zero-order valence-electron chi connectivity index (χ0n) is 41.7. The second-order valence-electron chi connectivity index (χ2n) is 18.1. The molecular formula is C61H68O12. The summed E-state index contributed by atoms with van der Waals surface area (Å²) in [5, 5.41) is 0. The molecule has 6 aromatic rings. The lowest BCUT2D eigenvalue weighted by Crippen LogP contribution is -2.66. The fourth-order valence-corrected chi connectivity index (χ4v) is 8.81. The van der Waals surface area contributed by atoms with E-state index in [1.54, 1.807) is 6.26 Å². The third-order valence-electron chi connectivity index (χ3n) is 12.5. The topological polar surface area (TPSA) is 119 Å². The summed E-state index contributed by atoms with van der Waals surface area (Å²) < 4.78 is 74.7. The smallest absolute Gasteiger partial charge is 0.303 e. The summed E-state index contributed by atoms with van der Waals surface area (Å²) in [4.78, 5) is 13.4. The van der Waals surface area contributed by atoms with Crippen LogP contribution in [0, 0.1) is 0 Å². The number of ether oxygens (including phenoxy) is 11. The normalized spacial score (nSPS) is 24.0. The average molecular weight is 993 g/mol. The summed E-state index contributed by atoms with van der Waals surface area (Å²) >= 11 is 0. The van der Waals surface area contributed by atoms with Crippen LogP contribution in [0.3, 0.4) is 0 Å². The van der Waals surface area contributed by atoms with Gasteiger partial charge < -0.3 is 52.1 Å². The molecule has 2 saturated heterocycles. The minimum absolute atomic E-state index is 0.0740. The molecule has 12 nitrogen and oxygen atoms in total. The first-order valence-corrected chi connectivity index (χ1v) is 25.3. The lowest BCUT2D eigenvalue weighted by atomic mass is 9.96. The lowest BCUT2D eigenvalue weighted by molar-refractivity contribution is -0.375. The minimum atomic E-state index is -1.30. The van der Waals surface area contributed by atoms with Gasteiger partial charge in [-0.15, -0.1) is 0 Å². The third-order valence-corrected chi connectivity index (χ3v) is 12.5. The molecule has 0 bridgehead atoms. The zero-order valence-corrected chi connectivity index (χ0v) is 41.7. The van der Waals surface area contributed by atoms with Gasteiger partial charge >= 0.3 is 5.97 Å². The lowest BCUT2D eigenvalue weighted by Gasteiger charge is -2.49. The summed E-state index contributed by atoms with van der Waals surface area (Å²) in [6, 6.07) is 59.4. The number of carbonyl (C=O) groups excluding carboxylic acids is 1. The number of allylic oxidation sites excluding steroid dienone is 1. The molecule has 2 aliphatic heterocycles. The maximum Gasteiger partial charge on any atom is 0.303 e. The van der Waals surface area contributed by atoms with Crippen LogP contribution >= 0.6 is 0 Å². The molecule has 0 aromatic heterocycles. The summed E-state index contributed by atoms with van der Waals surface area (Å²) in [6.45, 7) is 5.12. The molecule has 0 amide bonds. The maximum atomic E-state index is 13.4. The van der Waals surface area contributed by atoms with Crippen LogP contribution in [-0.2, 0) is 96.5 Å². The molecule has 0 saturated carbocycles. The molecule has 6 aromatic carbocycles. The van der Waals surface area contributed by atoms with E-state index in [1.165, 1.54) is 6.92 Å². The molecule has 0 aliphatic carbocycles. The summed E-state index contributed by atoms with van der Waals surface area (Å²) in [6.07, 6.45) is -4.27. The van der Waals surface area contributed by atoms with Gasteiger partial charge in [-0.1, -0.05) is 195 Å². The number of rotatable bonds is 27. The number of hydrogen-bond acceptors (Lipinski definition) is 12. The van der Waals surface area contributed by atoms with Gasteiger partial charge in [-0.25, -0.2) is 0 Å². The molecule has 0 N–H and O–H groups in total. The molecule has 0 radical (unpaired) electrons. The highest BCUT2D eigenvalue weighted by Gasteiger charge is 2.55. The molecule has 384 valence electrons. The summed E-state index contributed by atoms with van der Waals surface area (Å²) in [5.74, 6) is -0.567. The Morgan fingerprint density at radius 2 is 0.781 bits per heavy atom. The van der Waals surface area contributed by atoms with Crippen molar-refractivity contribution in [1.29, 1.82) is 0 Å². The van der Waals surface area contributed by atoms with Gasteiger partial charge in [0, 0.05) is 6.92 Å². The van der Waals surface area contributed by atoms with E-state index in [2.05, 4.69) is 6.92 Å². The molecule has 0 unspecified atom stereocenters. The predicted octanol–water partition coefficient (Wildman–Crippen LogP) is 10.9. The van der Waals surface area contributed by atoms with Crippen molar-refractivity contribution >= 4 is 5.97 Å². The van der Waals surface area contributed by atoms with Crippen LogP contribution < -0.4 is 0 Å². The average Bonchev–Trinajstić information content (AvgIpc) is 3.43. The van der Waals surface area contributed by atoms with E-state index in [0.29, 0.717) is 13.2 Å². The van der Waals surface area contributed by atoms with E-state index < -0.39 is 67.4 Å². The second-order valence-corrected chi connectivity index (χ2v) is 18.1. The van der Waals surface area contributed by atoms with Gasteiger partial charge in [-0.05, 0) is 45.9 Å². The first-order valence-electron chi connectivity index (χ1n) is 25.3. The van der Waals surface area contributed by atoms with Crippen molar-refractivity contribution in [2.75, 3.05) is 13.2 Å². The fourth-order valence-electron chi connectivity index (χ4n) is 8.81. The SMILES string of the molecule is CCCC=CO[C@@H]1O[C@H](COCc2ccccc2)[C@@H](OCc2ccccc2)[C@H](OCc2ccccc2)[C@@H]1O[C@@H]1O[C@H](COCc2ccccc2)[C@@H](OCc2ccccc2)[C@H](OCc2ccccc2)[C@H]1OC(C)=O. The van der Waals surface area contributed by atoms with Crippen LogP contribution in [0.1, 0.15) is 60.1 Å². The maximum absolute atomic E-state index is 13.4. The van der Waals surface area contributed by atoms with Crippen molar-refractivity contribution in [2.45, 2.75) is 128 Å². The second kappa shape index (κ2) is 29.0. The van der Waals surface area contributed by atoms with Crippen molar-refractivity contribution in [3.8, 4) is 0 Å². The minimum Gasteiger partial charge on any atom is -0.470 e. The number of esters is 1. The van der Waals surface area contributed by atoms with Gasteiger partial charge in [-0.2, -0.15) is 0 Å². The van der Waals surface area contributed by atoms with Crippen molar-refractivity contribution in [1.82, 2.24) is 0 Å². The number of unbranched alkanes of at least 4 members (excludes halogenated alkanes) is 1. The highest BCUT2D eigenvalue weighted by atomic mass is 16.8. The van der Waals surface area contributed by atoms with Gasteiger partial charge in [-0.3, -0.25) is 4.79 Å². The van der Waals surface area contributed by atoms with E-state index in [4.69, 9.17) is 52.1 Å². The Kier molecular flexibility index (Phi) is 21.2. The highest BCUT2D eigenvalue weighted by molar-refractivity contribution is 5.66. The predicted molar refractivity (Wildman–Crippen MR) is 275 cm³/mol. The molecule has 2 aliphatic rings. The Balaban J connectivity index is 1.18. The molecular weight excluding hydrogens is 925 g/mol. The van der Waals surface area contributed by atoms with Crippen LogP contribution in [-0.4, -0.2) is 80.6 Å². The zero-order chi connectivity index (χ0) is 50.3. The van der Waals surface area contributed by atoms with Crippen LogP contribution in [0.2, 0.25) is 0 Å². The van der Waals surface area contributed by atoms with Crippen LogP contribution in [0.25, 0.3) is 0 Å². The van der Waals surface area contributed by atoms with Gasteiger partial charge in [0.25, 0.3) is 0 Å². The molecule has 8 rings (SSSR count). The Labute approximate surface area is 430 Å². The Morgan fingerprint density at radius 3 is 1.15 bits per heavy atom. The van der Waals surface area contributed by atoms with Crippen molar-refractivity contribution < 1.29 is 56.9 Å². The van der Waals surface area contributed by atoms with Crippen molar-refractivity contribution in [3.05, 3.63) is 228 Å². The Morgan fingerprint density at radius 1 is 0.438 bits per heavy atom. The van der Waals surface area contributed by atoms with Gasteiger partial charge in [0.2, 0.25) is 6.29 Å². The molecule has 73 heavy (non-hydrogen) atoms. The van der Waals surface area contributed by atoms with Crippen molar-refractivity contribution in [2.24, 2.45) is 0 Å². The summed E-state index contributed by atoms with van der Waals surface area (Å²) in [5.41, 5.74) is 5.73. The Hall–Kier alpha value is -6.03. The highest BCUT2D eigenvalue weighted by Crippen LogP contribution is 2.37. The van der Waals surface area contributed by atoms with E-state index >= 15 is 0 Å². The van der Waals surface area contributed by atoms with E-state index in [0.717, 1.165) is 46.2 Å². The van der Waals surface area contributed by atoms with Crippen molar-refractivity contribution in [3.63, 3.8) is 0 Å². The van der Waals surface area contributed by atoms with Crippen LogP contribution in [0.15, 0.2) is 194 Å². The van der Waals surface area contributed by atoms with Gasteiger partial charge in [0.05, 0.1) is 59.1 Å². The standard InChI is InChI=1S/C61H68O12/c1-3-4-23-36-65-60-58(56(68-41-50-32-19-9-20-33-50)54(66-39-48-28-15-7-16-29-48)52(71-60)43-63-37-46-24-11-5-12-25-46)73-61-59(70-45(2)62)57(69-42-51-34-21-10-22-35-51)55(67-40-49-30-17-8-18-31-49)53(72-61)44-64-38-47-26-13-6-14-27-47/h5-36,52-61H,3-4,37-44H2,1-2H3/t52-,53-,54-,55-,56+,57+,58+,59-,60-,61+/m1/s1. The number of benzene rings is 6. The third kappa shape index (κ3) is 16.5. The number of carbonyl (C=O) groups is 1. The quantitative estimate of drug-likeness (QED) is 0.0361. The van der Waals surface area contributed by atoms with Crippen LogP contribution in [0.5, 0.6) is 0 Å². The van der Waals surface area contributed by atoms with Gasteiger partial charge in [0.15, 0.2) is 18.5 Å². The fraction of sp³-hybridized carbons (Fsp3) is 0.361. The largest absolute Gasteiger partial charge is 0.470 e. The molecule has 10 atom stereocenters. The Bertz CT molecular complexity index is 2470. The van der Waals surface area contributed by atoms with Crippen LogP contribution in [0.4, 0.5) is 0 Å². The molecule has 2 fully saturated rings. The summed E-state index contributed by atoms with van der Waals surface area (Å²) in [7, 11) is 0. The molecule has 12 heteroatoms. The van der Waals surface area contributed by atoms with E-state index in [1.807, 2.05) is 188 Å². The van der Waals surface area contributed by atoms with E-state index in [-0.39, 0.29) is 39.6 Å². The first kappa shape index (κ1) is 53.3. The molecule has 0 spiro atoms. The first-order chi connectivity index (χ1) is 36.0. The number of hydrogen-bond donors (Lipinski definition) is 0.